The second kappa shape index (κ2) is 6.54. The third-order valence-corrected chi connectivity index (χ3v) is 1.11. The van der Waals surface area contributed by atoms with Crippen molar-refractivity contribution in [3.8, 4) is 0 Å². The molecule has 0 spiro atoms. The lowest BCUT2D eigenvalue weighted by Gasteiger charge is -2.10. The summed E-state index contributed by atoms with van der Waals surface area (Å²) in [5, 5.41) is 20.1. The zero-order chi connectivity index (χ0) is 8.69. The van der Waals surface area contributed by atoms with E-state index in [1.165, 1.54) is 0 Å². The van der Waals surface area contributed by atoms with Crippen LogP contribution in [-0.4, -0.2) is 42.3 Å². The first-order valence-electron chi connectivity index (χ1n) is 3.78. The molecule has 1 atom stereocenters. The predicted octanol–water partition coefficient (Wildman–Crippen LogP) is -0.688. The quantitative estimate of drug-likeness (QED) is 0.358. The van der Waals surface area contributed by atoms with E-state index in [1.54, 1.807) is 0 Å². The average molecular weight is 163 g/mol. The number of rotatable bonds is 6. The Labute approximate surface area is 67.2 Å². The summed E-state index contributed by atoms with van der Waals surface area (Å²) in [7, 11) is 0. The van der Waals surface area contributed by atoms with Crippen molar-refractivity contribution in [2.45, 2.75) is 26.1 Å². The minimum atomic E-state index is -0.689. The summed E-state index contributed by atoms with van der Waals surface area (Å²) < 4.78 is 5.13. The number of hydrogen-bond acceptors (Lipinski definition) is 4. The van der Waals surface area contributed by atoms with E-state index in [9.17, 15) is 0 Å². The summed E-state index contributed by atoms with van der Waals surface area (Å²) in [4.78, 5) is 0. The minimum Gasteiger partial charge on any atom is -0.394 e. The van der Waals surface area contributed by atoms with Crippen molar-refractivity contribution in [2.24, 2.45) is 0 Å². The van der Waals surface area contributed by atoms with E-state index in [2.05, 4.69) is 5.32 Å². The molecule has 3 N–H and O–H groups in total. The Balaban J connectivity index is 3.01. The highest BCUT2D eigenvalue weighted by atomic mass is 16.5. The molecule has 0 radical (unpaired) electrons. The van der Waals surface area contributed by atoms with Crippen molar-refractivity contribution < 1.29 is 14.9 Å². The lowest BCUT2D eigenvalue weighted by Crippen LogP contribution is -2.31. The molecule has 1 unspecified atom stereocenters. The van der Waals surface area contributed by atoms with Gasteiger partial charge in [0.2, 0.25) is 0 Å². The number of hydrogen-bond donors (Lipinski definition) is 3. The molecule has 0 rings (SSSR count). The highest BCUT2D eigenvalue weighted by Gasteiger charge is 1.99. The van der Waals surface area contributed by atoms with Crippen LogP contribution in [0, 0.1) is 0 Å². The van der Waals surface area contributed by atoms with E-state index in [1.807, 2.05) is 13.8 Å². The molecule has 0 aromatic carbocycles. The Hall–Kier alpha value is -0.160. The molecule has 0 amide bonds. The van der Waals surface area contributed by atoms with Gasteiger partial charge in [0.15, 0.2) is 0 Å². The number of ether oxygens (including phenoxy) is 1. The molecule has 0 bridgehead atoms. The van der Waals surface area contributed by atoms with Crippen LogP contribution in [-0.2, 0) is 4.74 Å². The fourth-order valence-corrected chi connectivity index (χ4v) is 0.516. The van der Waals surface area contributed by atoms with Crippen LogP contribution in [0.1, 0.15) is 13.8 Å². The largest absolute Gasteiger partial charge is 0.394 e. The van der Waals surface area contributed by atoms with Crippen molar-refractivity contribution in [3.63, 3.8) is 0 Å². The topological polar surface area (TPSA) is 61.7 Å². The Kier molecular flexibility index (Phi) is 6.45. The second-order valence-corrected chi connectivity index (χ2v) is 2.65. The zero-order valence-corrected chi connectivity index (χ0v) is 7.08. The summed E-state index contributed by atoms with van der Waals surface area (Å²) in [5.41, 5.74) is 0. The van der Waals surface area contributed by atoms with Gasteiger partial charge in [0.1, 0.15) is 0 Å². The van der Waals surface area contributed by atoms with Gasteiger partial charge in [-0.05, 0) is 13.8 Å². The Morgan fingerprint density at radius 2 is 2.09 bits per heavy atom. The van der Waals surface area contributed by atoms with E-state index in [4.69, 9.17) is 14.9 Å². The number of aliphatic hydroxyl groups excluding tert-OH is 2. The molecular weight excluding hydrogens is 146 g/mol. The van der Waals surface area contributed by atoms with E-state index >= 15 is 0 Å². The molecule has 4 nitrogen and oxygen atoms in total. The Morgan fingerprint density at radius 1 is 1.45 bits per heavy atom. The molecule has 0 saturated carbocycles. The van der Waals surface area contributed by atoms with Crippen LogP contribution in [0.4, 0.5) is 0 Å². The molecule has 0 aliphatic rings. The van der Waals surface area contributed by atoms with Crippen LogP contribution in [0.2, 0.25) is 0 Å². The van der Waals surface area contributed by atoms with Gasteiger partial charge in [-0.25, -0.2) is 0 Å². The zero-order valence-electron chi connectivity index (χ0n) is 7.08. The molecule has 68 valence electrons. The van der Waals surface area contributed by atoms with Gasteiger partial charge in [-0.3, -0.25) is 5.32 Å². The summed E-state index contributed by atoms with van der Waals surface area (Å²) in [6.45, 7) is 4.43. The van der Waals surface area contributed by atoms with Crippen LogP contribution < -0.4 is 5.32 Å². The van der Waals surface area contributed by atoms with E-state index in [0.29, 0.717) is 13.3 Å². The number of aliphatic hydroxyl groups is 2. The first-order chi connectivity index (χ1) is 5.16. The van der Waals surface area contributed by atoms with Gasteiger partial charge in [0, 0.05) is 6.54 Å². The van der Waals surface area contributed by atoms with Gasteiger partial charge < -0.3 is 14.9 Å². The molecule has 0 aliphatic carbocycles. The molecular formula is C7H17NO3. The van der Waals surface area contributed by atoms with Crippen LogP contribution in [0.15, 0.2) is 0 Å². The fraction of sp³-hybridized carbons (Fsp3) is 1.00. The van der Waals surface area contributed by atoms with Gasteiger partial charge >= 0.3 is 0 Å². The molecule has 0 aliphatic heterocycles. The maximum absolute atomic E-state index is 8.86. The normalized spacial score (nSPS) is 13.9. The molecule has 0 aromatic rings. The lowest BCUT2D eigenvalue weighted by atomic mass is 10.4. The third kappa shape index (κ3) is 7.74. The van der Waals surface area contributed by atoms with Gasteiger partial charge in [-0.2, -0.15) is 0 Å². The number of nitrogens with one attached hydrogen (secondary N) is 1. The third-order valence-electron chi connectivity index (χ3n) is 1.11. The van der Waals surface area contributed by atoms with Crippen LogP contribution in [0.3, 0.4) is 0 Å². The minimum absolute atomic E-state index is 0.189. The van der Waals surface area contributed by atoms with Crippen LogP contribution >= 0.6 is 0 Å². The van der Waals surface area contributed by atoms with Crippen molar-refractivity contribution in [1.29, 1.82) is 0 Å². The molecule has 0 fully saturated rings. The Bertz CT molecular complexity index is 87.8. The summed E-state index contributed by atoms with van der Waals surface area (Å²) >= 11 is 0. The fourth-order valence-electron chi connectivity index (χ4n) is 0.516. The van der Waals surface area contributed by atoms with Gasteiger partial charge in [-0.15, -0.1) is 0 Å². The summed E-state index contributed by atoms with van der Waals surface area (Å²) in [5.74, 6) is 0. The van der Waals surface area contributed by atoms with E-state index in [-0.39, 0.29) is 12.7 Å². The van der Waals surface area contributed by atoms with E-state index < -0.39 is 6.10 Å². The predicted molar refractivity (Wildman–Crippen MR) is 42.2 cm³/mol. The monoisotopic (exact) mass is 163 g/mol. The SMILES string of the molecule is CC(C)OCNCC(O)CO. The average Bonchev–Trinajstić information content (AvgIpc) is 1.97. The highest BCUT2D eigenvalue weighted by Crippen LogP contribution is 1.84. The molecule has 11 heavy (non-hydrogen) atoms. The first kappa shape index (κ1) is 10.8. The molecule has 4 heteroatoms. The van der Waals surface area contributed by atoms with Gasteiger partial charge in [0.25, 0.3) is 0 Å². The van der Waals surface area contributed by atoms with Crippen molar-refractivity contribution in [1.82, 2.24) is 5.32 Å². The van der Waals surface area contributed by atoms with E-state index in [0.717, 1.165) is 0 Å². The van der Waals surface area contributed by atoms with Crippen molar-refractivity contribution in [3.05, 3.63) is 0 Å². The maximum Gasteiger partial charge on any atom is 0.0969 e. The second-order valence-electron chi connectivity index (χ2n) is 2.65. The highest BCUT2D eigenvalue weighted by molar-refractivity contribution is 4.53. The van der Waals surface area contributed by atoms with Crippen molar-refractivity contribution >= 4 is 0 Å². The van der Waals surface area contributed by atoms with Gasteiger partial charge in [-0.1, -0.05) is 0 Å². The lowest BCUT2D eigenvalue weighted by molar-refractivity contribution is 0.0446. The molecule has 0 heterocycles. The van der Waals surface area contributed by atoms with Crippen LogP contribution in [0.25, 0.3) is 0 Å². The molecule has 0 saturated heterocycles. The maximum atomic E-state index is 8.86. The summed E-state index contributed by atoms with van der Waals surface area (Å²) in [6.07, 6.45) is -0.500. The van der Waals surface area contributed by atoms with Crippen molar-refractivity contribution in [2.75, 3.05) is 19.9 Å². The standard InChI is InChI=1S/C7H17NO3/c1-6(2)11-5-8-3-7(10)4-9/h6-10H,3-5H2,1-2H3. The summed E-state index contributed by atoms with van der Waals surface area (Å²) in [6, 6.07) is 0. The van der Waals surface area contributed by atoms with Crippen LogP contribution in [0.5, 0.6) is 0 Å². The first-order valence-corrected chi connectivity index (χ1v) is 3.78. The van der Waals surface area contributed by atoms with Gasteiger partial charge in [0.05, 0.1) is 25.5 Å². The Morgan fingerprint density at radius 3 is 2.55 bits per heavy atom. The smallest absolute Gasteiger partial charge is 0.0969 e. The molecule has 0 aromatic heterocycles.